The molecule has 0 radical (unpaired) electrons. The largest absolute Gasteiger partial charge is 0.468 e. The zero-order valence-corrected chi connectivity index (χ0v) is 25.8. The lowest BCUT2D eigenvalue weighted by Crippen LogP contribution is -2.34. The molecule has 2 aliphatic rings. The fourth-order valence-corrected chi connectivity index (χ4v) is 7.64. The number of esters is 1. The zero-order chi connectivity index (χ0) is 31.0. The van der Waals surface area contributed by atoms with E-state index in [1.165, 1.54) is 30.9 Å². The van der Waals surface area contributed by atoms with E-state index in [1.807, 2.05) is 0 Å². The molecule has 1 unspecified atom stereocenters. The number of hydrogen-bond donors (Lipinski definition) is 3. The number of carbonyl (C=O) groups is 1. The van der Waals surface area contributed by atoms with Crippen LogP contribution in [0.1, 0.15) is 25.3 Å². The standard InChI is InChI=1S/C26H37N5O10P2/c1-20(25(34)38-2)28-42(36,41-23-8-4-3-5-9-23)39-18-11-22(32)10-12-29-19-21(24(33)27-26(29)35)7-6-17-40-43(37,30-13-14-30)31-15-16-31/h3-9,19-20,22,32H,10-18H2,1-2H3,(H,28,36)(H,27,33,35)/b7-6-/t20-,22-,42?/m0/s1. The van der Waals surface area contributed by atoms with Crippen LogP contribution in [0.5, 0.6) is 5.75 Å². The maximum absolute atomic E-state index is 13.4. The van der Waals surface area contributed by atoms with Crippen molar-refractivity contribution in [3.05, 3.63) is 69.0 Å². The van der Waals surface area contributed by atoms with Gasteiger partial charge in [0, 0.05) is 38.9 Å². The lowest BCUT2D eigenvalue weighted by Gasteiger charge is -2.23. The van der Waals surface area contributed by atoms with E-state index < -0.39 is 44.8 Å². The number of aromatic nitrogens is 2. The Morgan fingerprint density at radius 1 is 1.09 bits per heavy atom. The molecular weight excluding hydrogens is 604 g/mol. The molecule has 3 N–H and O–H groups in total. The summed E-state index contributed by atoms with van der Waals surface area (Å²) in [5.41, 5.74) is -1.04. The van der Waals surface area contributed by atoms with Gasteiger partial charge in [-0.2, -0.15) is 5.09 Å². The average molecular weight is 642 g/mol. The van der Waals surface area contributed by atoms with Crippen molar-refractivity contribution in [2.75, 3.05) is 46.5 Å². The molecule has 43 heavy (non-hydrogen) atoms. The van der Waals surface area contributed by atoms with Crippen LogP contribution in [0.25, 0.3) is 6.08 Å². The maximum atomic E-state index is 13.4. The molecule has 1 aromatic carbocycles. The Hall–Kier alpha value is -2.87. The Balaban J connectivity index is 1.29. The first kappa shape index (κ1) is 33.0. The normalized spacial score (nSPS) is 18.2. The van der Waals surface area contributed by atoms with Gasteiger partial charge in [-0.15, -0.1) is 0 Å². The SMILES string of the molecule is COC(=O)[C@H](C)NP(=O)(OCC[C@@H](O)CCn1cc(/C=C\COP(=O)(N2CC2)N2CC2)c(=O)[nH]c1=O)Oc1ccccc1. The molecule has 0 spiro atoms. The van der Waals surface area contributed by atoms with Crippen molar-refractivity contribution in [2.45, 2.75) is 38.5 Å². The molecule has 3 atom stereocenters. The molecule has 236 valence electrons. The van der Waals surface area contributed by atoms with Crippen molar-refractivity contribution in [2.24, 2.45) is 0 Å². The Bertz CT molecular complexity index is 1470. The molecule has 2 fully saturated rings. The van der Waals surface area contributed by atoms with E-state index in [4.69, 9.17) is 13.6 Å². The Morgan fingerprint density at radius 3 is 2.40 bits per heavy atom. The van der Waals surface area contributed by atoms with Crippen LogP contribution >= 0.6 is 15.4 Å². The third-order valence-corrected chi connectivity index (χ3v) is 10.9. The van der Waals surface area contributed by atoms with Crippen LogP contribution in [0.3, 0.4) is 0 Å². The van der Waals surface area contributed by atoms with Crippen molar-refractivity contribution < 1.29 is 37.3 Å². The number of methoxy groups -OCH3 is 1. The minimum Gasteiger partial charge on any atom is -0.468 e. The third kappa shape index (κ3) is 9.56. The first-order valence-corrected chi connectivity index (χ1v) is 16.9. The summed E-state index contributed by atoms with van der Waals surface area (Å²) in [4.78, 5) is 38.7. The number of aryl methyl sites for hydroxylation is 1. The number of aromatic amines is 1. The molecule has 3 heterocycles. The minimum absolute atomic E-state index is 0.0344. The lowest BCUT2D eigenvalue weighted by molar-refractivity contribution is -0.142. The predicted octanol–water partition coefficient (Wildman–Crippen LogP) is 1.80. The zero-order valence-electron chi connectivity index (χ0n) is 24.0. The summed E-state index contributed by atoms with van der Waals surface area (Å²) in [7, 11) is -5.82. The van der Waals surface area contributed by atoms with Gasteiger partial charge in [-0.05, 0) is 38.0 Å². The van der Waals surface area contributed by atoms with Crippen LogP contribution in [-0.2, 0) is 34.3 Å². The highest BCUT2D eigenvalue weighted by atomic mass is 31.2. The van der Waals surface area contributed by atoms with Crippen LogP contribution in [-0.4, -0.2) is 88.6 Å². The van der Waals surface area contributed by atoms with Crippen LogP contribution < -0.4 is 20.9 Å². The number of benzene rings is 1. The summed E-state index contributed by atoms with van der Waals surface area (Å²) >= 11 is 0. The topological polar surface area (TPSA) is 181 Å². The number of hydrogen-bond acceptors (Lipinski definition) is 10. The summed E-state index contributed by atoms with van der Waals surface area (Å²) in [6, 6.07) is 7.26. The van der Waals surface area contributed by atoms with Crippen molar-refractivity contribution >= 4 is 27.5 Å². The van der Waals surface area contributed by atoms with Gasteiger partial charge >= 0.3 is 27.1 Å². The summed E-state index contributed by atoms with van der Waals surface area (Å²) in [6.45, 7) is 4.27. The maximum Gasteiger partial charge on any atom is 0.459 e. The van der Waals surface area contributed by atoms with Gasteiger partial charge in [0.05, 0.1) is 32.0 Å². The number of nitrogens with one attached hydrogen (secondary N) is 2. The lowest BCUT2D eigenvalue weighted by atomic mass is 10.2. The molecule has 2 aliphatic heterocycles. The van der Waals surface area contributed by atoms with Crippen LogP contribution in [0.2, 0.25) is 0 Å². The van der Waals surface area contributed by atoms with E-state index in [0.29, 0.717) is 0 Å². The molecule has 17 heteroatoms. The number of aliphatic hydroxyl groups is 1. The smallest absolute Gasteiger partial charge is 0.459 e. The van der Waals surface area contributed by atoms with Crippen molar-refractivity contribution in [3.8, 4) is 5.75 Å². The highest BCUT2D eigenvalue weighted by Crippen LogP contribution is 2.60. The first-order valence-electron chi connectivity index (χ1n) is 13.8. The van der Waals surface area contributed by atoms with Crippen molar-refractivity contribution in [1.29, 1.82) is 0 Å². The summed E-state index contributed by atoms with van der Waals surface area (Å²) < 4.78 is 52.5. The average Bonchev–Trinajstić information content (AvgIpc) is 3.88. The van der Waals surface area contributed by atoms with Gasteiger partial charge in [-0.1, -0.05) is 24.3 Å². The first-order chi connectivity index (χ1) is 20.5. The molecular formula is C26H37N5O10P2. The second kappa shape index (κ2) is 14.7. The van der Waals surface area contributed by atoms with E-state index in [1.54, 1.807) is 45.7 Å². The Morgan fingerprint density at radius 2 is 1.77 bits per heavy atom. The Labute approximate surface area is 248 Å². The molecule has 15 nitrogen and oxygen atoms in total. The fraction of sp³-hybridized carbons (Fsp3) is 0.500. The van der Waals surface area contributed by atoms with Gasteiger partial charge in [-0.25, -0.2) is 18.7 Å². The van der Waals surface area contributed by atoms with Crippen LogP contribution in [0, 0.1) is 0 Å². The number of nitrogens with zero attached hydrogens (tertiary/aromatic N) is 3. The minimum atomic E-state index is -4.04. The van der Waals surface area contributed by atoms with E-state index in [-0.39, 0.29) is 43.9 Å². The van der Waals surface area contributed by atoms with Gasteiger partial charge in [0.15, 0.2) is 0 Å². The van der Waals surface area contributed by atoms with Gasteiger partial charge < -0.3 is 18.9 Å². The van der Waals surface area contributed by atoms with E-state index in [0.717, 1.165) is 26.2 Å². The molecule has 1 aromatic heterocycles. The van der Waals surface area contributed by atoms with Gasteiger partial charge in [0.1, 0.15) is 11.8 Å². The van der Waals surface area contributed by atoms with Gasteiger partial charge in [0.2, 0.25) is 0 Å². The summed E-state index contributed by atoms with van der Waals surface area (Å²) in [5, 5.41) is 13.0. The van der Waals surface area contributed by atoms with Crippen molar-refractivity contribution in [3.63, 3.8) is 0 Å². The molecule has 0 bridgehead atoms. The van der Waals surface area contributed by atoms with Gasteiger partial charge in [-0.3, -0.25) is 28.2 Å². The quantitative estimate of drug-likeness (QED) is 0.122. The molecule has 0 amide bonds. The number of carbonyl (C=O) groups excluding carboxylic acids is 1. The summed E-state index contributed by atoms with van der Waals surface area (Å²) in [5.74, 6) is -0.415. The third-order valence-electron chi connectivity index (χ3n) is 6.53. The molecule has 2 saturated heterocycles. The number of rotatable bonds is 18. The monoisotopic (exact) mass is 641 g/mol. The van der Waals surface area contributed by atoms with Crippen LogP contribution in [0.4, 0.5) is 0 Å². The number of para-hydroxylation sites is 1. The highest BCUT2D eigenvalue weighted by molar-refractivity contribution is 7.54. The number of H-pyrrole nitrogens is 1. The van der Waals surface area contributed by atoms with E-state index in [9.17, 15) is 28.6 Å². The number of aliphatic hydroxyl groups excluding tert-OH is 1. The fourth-order valence-electron chi connectivity index (χ4n) is 3.98. The highest BCUT2D eigenvalue weighted by Gasteiger charge is 2.49. The molecule has 0 aliphatic carbocycles. The van der Waals surface area contributed by atoms with Crippen molar-refractivity contribution in [1.82, 2.24) is 24.0 Å². The van der Waals surface area contributed by atoms with E-state index in [2.05, 4.69) is 14.8 Å². The Kier molecular flexibility index (Phi) is 11.3. The predicted molar refractivity (Wildman–Crippen MR) is 158 cm³/mol. The molecule has 4 rings (SSSR count). The second-order valence-corrected chi connectivity index (χ2v) is 14.0. The van der Waals surface area contributed by atoms with E-state index >= 15 is 0 Å². The summed E-state index contributed by atoms with van der Waals surface area (Å²) in [6.07, 6.45) is 3.61. The molecule has 2 aromatic rings. The molecule has 0 saturated carbocycles. The van der Waals surface area contributed by atoms with Crippen LogP contribution in [0.15, 0.2) is 52.2 Å². The number of ether oxygens (including phenoxy) is 1. The van der Waals surface area contributed by atoms with Gasteiger partial charge in [0.25, 0.3) is 5.56 Å². The second-order valence-electron chi connectivity index (χ2n) is 9.97.